The van der Waals surface area contributed by atoms with Crippen molar-refractivity contribution in [3.8, 4) is 0 Å². The quantitative estimate of drug-likeness (QED) is 0.287. The molecular weight excluding hydrogens is 368 g/mol. The normalized spacial score (nSPS) is 9.73. The summed E-state index contributed by atoms with van der Waals surface area (Å²) in [5, 5.41) is 34.5. The third kappa shape index (κ3) is 16.0. The zero-order valence-electron chi connectivity index (χ0n) is 13.7. The molecule has 0 rings (SSSR count). The van der Waals surface area contributed by atoms with Crippen molar-refractivity contribution in [3.63, 3.8) is 0 Å². The Morgan fingerprint density at radius 2 is 0.818 bits per heavy atom. The summed E-state index contributed by atoms with van der Waals surface area (Å²) in [6, 6.07) is 0. The molecule has 0 aromatic rings. The van der Waals surface area contributed by atoms with E-state index in [0.717, 1.165) is 9.80 Å². The number of carbonyl (C=O) groups is 4. The monoisotopic (exact) mass is 386 g/mol. The molecule has 0 heterocycles. The second-order valence-corrected chi connectivity index (χ2v) is 4.00. The molecule has 0 amide bonds. The second-order valence-electron chi connectivity index (χ2n) is 4.00. The van der Waals surface area contributed by atoms with Crippen LogP contribution >= 0.6 is 0 Å². The number of nitrogens with zero attached hydrogens (tertiary/aromatic N) is 2. The fraction of sp³-hybridized carbons (Fsp3) is 0.600. The first-order chi connectivity index (χ1) is 9.20. The molecule has 0 fully saturated rings. The first-order valence-corrected chi connectivity index (χ1v) is 5.52. The van der Waals surface area contributed by atoms with Crippen molar-refractivity contribution in [2.75, 3.05) is 39.3 Å². The van der Waals surface area contributed by atoms with Crippen LogP contribution in [0.1, 0.15) is 2.85 Å². The van der Waals surface area contributed by atoms with Crippen LogP contribution in [0.3, 0.4) is 0 Å². The molecule has 0 bridgehead atoms. The van der Waals surface area contributed by atoms with Crippen molar-refractivity contribution in [2.24, 2.45) is 0 Å². The molecule has 0 unspecified atom stereocenters. The number of aliphatic carboxylic acids is 4. The largest absolute Gasteiger partial charge is 2.00 e. The van der Waals surface area contributed by atoms with Crippen LogP contribution in [-0.2, 0) is 36.5 Å². The molecule has 0 spiro atoms. The molecule has 0 saturated carbocycles. The number of hydrogen-bond donors (Lipinski definition) is 4. The summed E-state index contributed by atoms with van der Waals surface area (Å²) < 4.78 is 0. The van der Waals surface area contributed by atoms with Gasteiger partial charge in [-0.3, -0.25) is 29.0 Å². The van der Waals surface area contributed by atoms with E-state index < -0.39 is 50.1 Å². The van der Waals surface area contributed by atoms with Gasteiger partial charge >= 0.3 is 61.6 Å². The average molecular weight is 386 g/mol. The summed E-state index contributed by atoms with van der Waals surface area (Å²) in [5.74, 6) is -4.91. The molecule has 0 aliphatic heterocycles. The molecule has 10 nitrogen and oxygen atoms in total. The molecule has 0 aromatic heterocycles. The molecule has 0 aliphatic carbocycles. The van der Waals surface area contributed by atoms with Crippen LogP contribution < -0.4 is 0 Å². The molecule has 0 radical (unpaired) electrons. The fourth-order valence-corrected chi connectivity index (χ4v) is 1.48. The van der Waals surface area contributed by atoms with Crippen molar-refractivity contribution in [3.05, 3.63) is 0 Å². The van der Waals surface area contributed by atoms with Gasteiger partial charge in [0.2, 0.25) is 0 Å². The minimum absolute atomic E-state index is 0. The standard InChI is InChI=1S/C10H16N2O8.Ca.Cr.2H/c13-7(14)3-11(4-8(15)16)1-2-12(5-9(17)18)6-10(19)20;;;;/h1-6H2,(H,13,14)(H,15,16)(H,17,18)(H,19,20);;;;/q;+2;;2*-1. The Hall–Kier alpha value is -0.408. The SMILES string of the molecule is O=C(O)CN(CCN(CC(=O)O)CC(=O)O)CC(=O)O.[Ca+2].[Cr].[H-].[H-]. The van der Waals surface area contributed by atoms with Crippen LogP contribution in [-0.4, -0.2) is 131 Å². The van der Waals surface area contributed by atoms with Crippen LogP contribution in [0.4, 0.5) is 0 Å². The molecule has 12 heteroatoms. The Balaban J connectivity index is -0.000000301. The second kappa shape index (κ2) is 14.2. The molecule has 0 aromatic carbocycles. The minimum atomic E-state index is -1.23. The van der Waals surface area contributed by atoms with Gasteiger partial charge in [0.05, 0.1) is 26.2 Å². The van der Waals surface area contributed by atoms with Crippen LogP contribution in [0.15, 0.2) is 0 Å². The molecule has 0 saturated heterocycles. The van der Waals surface area contributed by atoms with E-state index in [0.29, 0.717) is 0 Å². The Morgan fingerprint density at radius 3 is 0.955 bits per heavy atom. The smallest absolute Gasteiger partial charge is 1.00 e. The Labute approximate surface area is 169 Å². The van der Waals surface area contributed by atoms with Gasteiger partial charge in [0, 0.05) is 30.5 Å². The zero-order valence-corrected chi connectivity index (χ0v) is 15.2. The van der Waals surface area contributed by atoms with E-state index in [9.17, 15) is 19.2 Å². The molecular formula is C10H18CaCrN2O8. The predicted octanol–water partition coefficient (Wildman–Crippen LogP) is -2.23. The van der Waals surface area contributed by atoms with Crippen LogP contribution in [0.25, 0.3) is 0 Å². The maximum Gasteiger partial charge on any atom is 2.00 e. The number of carboxylic acids is 4. The number of carboxylic acid groups (broad SMARTS) is 4. The first-order valence-electron chi connectivity index (χ1n) is 5.52. The minimum Gasteiger partial charge on any atom is -1.00 e. The van der Waals surface area contributed by atoms with Crippen molar-refractivity contribution in [1.29, 1.82) is 0 Å². The summed E-state index contributed by atoms with van der Waals surface area (Å²) in [6.45, 7) is -2.25. The van der Waals surface area contributed by atoms with E-state index in [4.69, 9.17) is 20.4 Å². The van der Waals surface area contributed by atoms with Gasteiger partial charge in [-0.1, -0.05) is 0 Å². The zero-order chi connectivity index (χ0) is 15.7. The van der Waals surface area contributed by atoms with E-state index in [1.165, 1.54) is 0 Å². The van der Waals surface area contributed by atoms with Crippen molar-refractivity contribution < 1.29 is 59.8 Å². The molecule has 0 atom stereocenters. The predicted molar refractivity (Wildman–Crippen MR) is 71.4 cm³/mol. The van der Waals surface area contributed by atoms with E-state index in [1.54, 1.807) is 0 Å². The summed E-state index contributed by atoms with van der Waals surface area (Å²) in [5.41, 5.74) is 0. The van der Waals surface area contributed by atoms with Crippen LogP contribution in [0.5, 0.6) is 0 Å². The van der Waals surface area contributed by atoms with E-state index in [1.807, 2.05) is 0 Å². The summed E-state index contributed by atoms with van der Waals surface area (Å²) in [7, 11) is 0. The molecule has 4 N–H and O–H groups in total. The summed E-state index contributed by atoms with van der Waals surface area (Å²) >= 11 is 0. The van der Waals surface area contributed by atoms with E-state index in [-0.39, 0.29) is 71.0 Å². The van der Waals surface area contributed by atoms with Gasteiger partial charge in [0.25, 0.3) is 0 Å². The van der Waals surface area contributed by atoms with E-state index in [2.05, 4.69) is 0 Å². The van der Waals surface area contributed by atoms with Crippen molar-refractivity contribution in [1.82, 2.24) is 9.80 Å². The summed E-state index contributed by atoms with van der Waals surface area (Å²) in [4.78, 5) is 44.4. The van der Waals surface area contributed by atoms with Crippen molar-refractivity contribution >= 4 is 61.6 Å². The van der Waals surface area contributed by atoms with Gasteiger partial charge in [-0.15, -0.1) is 0 Å². The van der Waals surface area contributed by atoms with Crippen LogP contribution in [0, 0.1) is 0 Å². The Kier molecular flexibility index (Phi) is 17.1. The Bertz CT molecular complexity index is 337. The van der Waals surface area contributed by atoms with E-state index >= 15 is 0 Å². The maximum atomic E-state index is 10.6. The average Bonchev–Trinajstić information content (AvgIpc) is 2.22. The topological polar surface area (TPSA) is 156 Å². The Morgan fingerprint density at radius 1 is 0.636 bits per heavy atom. The van der Waals surface area contributed by atoms with Gasteiger partial charge in [-0.05, 0) is 0 Å². The van der Waals surface area contributed by atoms with Crippen LogP contribution in [0.2, 0.25) is 0 Å². The number of rotatable bonds is 11. The molecule has 124 valence electrons. The van der Waals surface area contributed by atoms with Gasteiger partial charge in [0.1, 0.15) is 0 Å². The third-order valence-electron chi connectivity index (χ3n) is 2.17. The third-order valence-corrected chi connectivity index (χ3v) is 2.17. The maximum absolute atomic E-state index is 10.6. The van der Waals surface area contributed by atoms with Gasteiger partial charge in [-0.2, -0.15) is 0 Å². The molecule has 0 aliphatic rings. The van der Waals surface area contributed by atoms with Gasteiger partial charge in [-0.25, -0.2) is 0 Å². The van der Waals surface area contributed by atoms with Gasteiger partial charge in [0.15, 0.2) is 0 Å². The first kappa shape index (κ1) is 26.5. The molecule has 22 heavy (non-hydrogen) atoms. The number of hydrogen-bond acceptors (Lipinski definition) is 6. The van der Waals surface area contributed by atoms with Gasteiger partial charge < -0.3 is 23.3 Å². The summed E-state index contributed by atoms with van der Waals surface area (Å²) in [6.07, 6.45) is 0. The van der Waals surface area contributed by atoms with Crippen molar-refractivity contribution in [2.45, 2.75) is 0 Å². The fourth-order valence-electron chi connectivity index (χ4n) is 1.48.